The van der Waals surface area contributed by atoms with Gasteiger partial charge in [-0.25, -0.2) is 4.98 Å². The van der Waals surface area contributed by atoms with Crippen LogP contribution in [0.3, 0.4) is 0 Å². The first-order chi connectivity index (χ1) is 11.5. The molecule has 2 aromatic rings. The maximum atomic E-state index is 12.3. The van der Waals surface area contributed by atoms with Crippen LogP contribution in [0.15, 0.2) is 30.1 Å². The Morgan fingerprint density at radius 1 is 1.38 bits per heavy atom. The third-order valence-corrected chi connectivity index (χ3v) is 5.12. The molecule has 6 heteroatoms. The molecule has 0 saturated heterocycles. The van der Waals surface area contributed by atoms with Gasteiger partial charge in [-0.2, -0.15) is 0 Å². The van der Waals surface area contributed by atoms with Crippen LogP contribution in [0, 0.1) is 13.8 Å². The van der Waals surface area contributed by atoms with Gasteiger partial charge in [0, 0.05) is 18.0 Å². The van der Waals surface area contributed by atoms with Crippen LogP contribution in [-0.4, -0.2) is 39.2 Å². The van der Waals surface area contributed by atoms with Crippen LogP contribution in [0.1, 0.15) is 29.1 Å². The Bertz CT molecular complexity index is 778. The lowest BCUT2D eigenvalue weighted by Gasteiger charge is -2.23. The fourth-order valence-corrected chi connectivity index (χ4v) is 3.72. The fraction of sp³-hybridized carbons (Fsp3) is 0.444. The zero-order valence-corrected chi connectivity index (χ0v) is 15.2. The molecule has 0 saturated carbocycles. The van der Waals surface area contributed by atoms with Crippen molar-refractivity contribution in [3.63, 3.8) is 0 Å². The highest BCUT2D eigenvalue weighted by Gasteiger charge is 2.15. The van der Waals surface area contributed by atoms with Gasteiger partial charge in [0.05, 0.1) is 18.0 Å². The Morgan fingerprint density at radius 2 is 2.12 bits per heavy atom. The Kier molecular flexibility index (Phi) is 6.48. The molecular formula is C18H25N3O2S. The number of aliphatic hydroxyl groups is 1. The number of aliphatic hydroxyl groups excluding tert-OH is 1. The molecule has 1 atom stereocenters. The quantitative estimate of drug-likeness (QED) is 0.684. The largest absolute Gasteiger partial charge is 0.392 e. The van der Waals surface area contributed by atoms with E-state index in [0.717, 1.165) is 21.7 Å². The molecule has 130 valence electrons. The molecule has 0 aromatic carbocycles. The van der Waals surface area contributed by atoms with Crippen molar-refractivity contribution in [1.29, 1.82) is 0 Å². The topological polar surface area (TPSA) is 69.2 Å². The number of allylic oxidation sites excluding steroid dienone is 1. The van der Waals surface area contributed by atoms with Gasteiger partial charge in [-0.1, -0.05) is 12.2 Å². The molecule has 2 rings (SSSR count). The molecule has 2 aromatic heterocycles. The number of hydrogen-bond acceptors (Lipinski definition) is 5. The third kappa shape index (κ3) is 4.41. The molecular weight excluding hydrogens is 322 g/mol. The van der Waals surface area contributed by atoms with Crippen molar-refractivity contribution >= 4 is 21.6 Å². The highest BCUT2D eigenvalue weighted by Crippen LogP contribution is 2.25. The van der Waals surface area contributed by atoms with Crippen LogP contribution in [-0.2, 0) is 6.54 Å². The average Bonchev–Trinajstić information content (AvgIpc) is 2.80. The van der Waals surface area contributed by atoms with Gasteiger partial charge >= 0.3 is 0 Å². The van der Waals surface area contributed by atoms with Crippen LogP contribution >= 0.6 is 11.3 Å². The van der Waals surface area contributed by atoms with Crippen LogP contribution in [0.4, 0.5) is 0 Å². The molecule has 0 aliphatic carbocycles. The van der Waals surface area contributed by atoms with Gasteiger partial charge in [0.25, 0.3) is 5.56 Å². The summed E-state index contributed by atoms with van der Waals surface area (Å²) >= 11 is 1.54. The molecule has 2 heterocycles. The Morgan fingerprint density at radius 3 is 2.79 bits per heavy atom. The van der Waals surface area contributed by atoms with Crippen molar-refractivity contribution in [1.82, 2.24) is 14.9 Å². The van der Waals surface area contributed by atoms with Gasteiger partial charge in [0.2, 0.25) is 0 Å². The van der Waals surface area contributed by atoms with E-state index in [2.05, 4.69) is 23.1 Å². The first-order valence-corrected chi connectivity index (χ1v) is 8.89. The molecule has 0 aliphatic heterocycles. The van der Waals surface area contributed by atoms with Gasteiger partial charge in [-0.05, 0) is 32.3 Å². The Labute approximate surface area is 146 Å². The zero-order valence-electron chi connectivity index (χ0n) is 14.3. The molecule has 0 amide bonds. The standard InChI is InChI=1S/C18H25N3O2S/c1-5-7-8-14(22)10-21(9-6-2)11-15-19-17(23)16-12(3)13(4)24-18(16)20-15/h5-6,14,22H,1-2,7-11H2,3-4H3,(H,19,20,23). The first kappa shape index (κ1) is 18.6. The monoisotopic (exact) mass is 347 g/mol. The first-order valence-electron chi connectivity index (χ1n) is 8.07. The van der Waals surface area contributed by atoms with Gasteiger partial charge in [0.15, 0.2) is 0 Å². The van der Waals surface area contributed by atoms with Crippen LogP contribution in [0.5, 0.6) is 0 Å². The van der Waals surface area contributed by atoms with E-state index in [1.165, 1.54) is 0 Å². The van der Waals surface area contributed by atoms with E-state index in [1.54, 1.807) is 23.5 Å². The lowest BCUT2D eigenvalue weighted by Crippen LogP contribution is -2.33. The number of aromatic nitrogens is 2. The lowest BCUT2D eigenvalue weighted by molar-refractivity contribution is 0.107. The number of rotatable bonds is 9. The van der Waals surface area contributed by atoms with E-state index < -0.39 is 6.10 Å². The molecule has 0 bridgehead atoms. The highest BCUT2D eigenvalue weighted by molar-refractivity contribution is 7.18. The number of H-pyrrole nitrogens is 1. The second-order valence-corrected chi connectivity index (χ2v) is 7.18. The number of aromatic amines is 1. The maximum absolute atomic E-state index is 12.3. The van der Waals surface area contributed by atoms with Crippen molar-refractivity contribution in [3.8, 4) is 0 Å². The van der Waals surface area contributed by atoms with E-state index in [1.807, 2.05) is 18.7 Å². The summed E-state index contributed by atoms with van der Waals surface area (Å²) in [5.41, 5.74) is 0.903. The van der Waals surface area contributed by atoms with Crippen LogP contribution < -0.4 is 5.56 Å². The summed E-state index contributed by atoms with van der Waals surface area (Å²) in [5.74, 6) is 0.617. The second-order valence-electron chi connectivity index (χ2n) is 5.98. The number of nitrogens with one attached hydrogen (secondary N) is 1. The van der Waals surface area contributed by atoms with E-state index in [0.29, 0.717) is 37.3 Å². The molecule has 0 fully saturated rings. The normalized spacial score (nSPS) is 12.7. The minimum atomic E-state index is -0.440. The second kappa shape index (κ2) is 8.37. The van der Waals surface area contributed by atoms with Gasteiger partial charge < -0.3 is 10.1 Å². The van der Waals surface area contributed by atoms with Gasteiger partial charge in [-0.15, -0.1) is 24.5 Å². The predicted molar refractivity (Wildman–Crippen MR) is 101 cm³/mol. The molecule has 2 N–H and O–H groups in total. The Hall–Kier alpha value is -1.76. The van der Waals surface area contributed by atoms with Crippen molar-refractivity contribution in [2.75, 3.05) is 13.1 Å². The van der Waals surface area contributed by atoms with E-state index in [4.69, 9.17) is 0 Å². The number of fused-ring (bicyclic) bond motifs is 1. The minimum absolute atomic E-state index is 0.0948. The molecule has 0 spiro atoms. The zero-order chi connectivity index (χ0) is 17.7. The third-order valence-electron chi connectivity index (χ3n) is 4.02. The van der Waals surface area contributed by atoms with Crippen molar-refractivity contribution in [3.05, 3.63) is 51.9 Å². The van der Waals surface area contributed by atoms with Crippen molar-refractivity contribution < 1.29 is 5.11 Å². The number of hydrogen-bond donors (Lipinski definition) is 2. The summed E-state index contributed by atoms with van der Waals surface area (Å²) in [7, 11) is 0. The summed E-state index contributed by atoms with van der Waals surface area (Å²) in [6.07, 6.45) is 4.59. The summed E-state index contributed by atoms with van der Waals surface area (Å²) in [6, 6.07) is 0. The number of nitrogens with zero attached hydrogens (tertiary/aromatic N) is 2. The fourth-order valence-electron chi connectivity index (χ4n) is 2.67. The minimum Gasteiger partial charge on any atom is -0.392 e. The Balaban J connectivity index is 2.19. The van der Waals surface area contributed by atoms with Crippen molar-refractivity contribution in [2.24, 2.45) is 0 Å². The van der Waals surface area contributed by atoms with Gasteiger partial charge in [0.1, 0.15) is 10.7 Å². The molecule has 5 nitrogen and oxygen atoms in total. The smallest absolute Gasteiger partial charge is 0.259 e. The number of aryl methyl sites for hydroxylation is 2. The molecule has 0 radical (unpaired) electrons. The van der Waals surface area contributed by atoms with Gasteiger partial charge in [-0.3, -0.25) is 9.69 Å². The molecule has 24 heavy (non-hydrogen) atoms. The molecule has 1 unspecified atom stereocenters. The van der Waals surface area contributed by atoms with Crippen molar-refractivity contribution in [2.45, 2.75) is 39.3 Å². The van der Waals surface area contributed by atoms with E-state index in [9.17, 15) is 9.90 Å². The summed E-state index contributed by atoms with van der Waals surface area (Å²) in [4.78, 5) is 23.7. The SMILES string of the molecule is C=CCCC(O)CN(CC=C)Cc1nc2sc(C)c(C)c2c(=O)[nH]1. The summed E-state index contributed by atoms with van der Waals surface area (Å²) < 4.78 is 0. The average molecular weight is 347 g/mol. The van der Waals surface area contributed by atoms with E-state index in [-0.39, 0.29) is 5.56 Å². The van der Waals surface area contributed by atoms with Crippen LogP contribution in [0.25, 0.3) is 10.2 Å². The molecule has 0 aliphatic rings. The van der Waals surface area contributed by atoms with E-state index >= 15 is 0 Å². The van der Waals surface area contributed by atoms with Crippen LogP contribution in [0.2, 0.25) is 0 Å². The summed E-state index contributed by atoms with van der Waals surface area (Å²) in [6.45, 7) is 13.0. The predicted octanol–water partition coefficient (Wildman–Crippen LogP) is 2.92. The summed E-state index contributed by atoms with van der Waals surface area (Å²) in [5, 5.41) is 10.8. The highest BCUT2D eigenvalue weighted by atomic mass is 32.1. The number of thiophene rings is 1. The lowest BCUT2D eigenvalue weighted by atomic mass is 10.2. The maximum Gasteiger partial charge on any atom is 0.259 e.